The van der Waals surface area contributed by atoms with Gasteiger partial charge in [-0.2, -0.15) is 5.26 Å². The molecule has 0 saturated carbocycles. The molecule has 84 valence electrons. The van der Waals surface area contributed by atoms with E-state index in [1.165, 1.54) is 0 Å². The zero-order valence-corrected chi connectivity index (χ0v) is 8.67. The van der Waals surface area contributed by atoms with Crippen LogP contribution >= 0.6 is 0 Å². The standard InChI is InChI=1S/C11H12FN3O/c12-8-4-10(7-16)15(6-8)11-3-1-2-9(5-13)14-11/h1-3,8,10,16H,4,6-7H2/t8-,10-/m0/s1. The summed E-state index contributed by atoms with van der Waals surface area (Å²) in [5.41, 5.74) is 0.302. The Balaban J connectivity index is 2.26. The third-order valence-electron chi connectivity index (χ3n) is 2.72. The lowest BCUT2D eigenvalue weighted by Gasteiger charge is -2.23. The van der Waals surface area contributed by atoms with Crippen molar-refractivity contribution in [3.05, 3.63) is 23.9 Å². The van der Waals surface area contributed by atoms with Crippen molar-refractivity contribution in [1.82, 2.24) is 4.98 Å². The molecule has 1 aromatic rings. The number of nitriles is 1. The number of aliphatic hydroxyl groups is 1. The van der Waals surface area contributed by atoms with Gasteiger partial charge in [0.1, 0.15) is 23.8 Å². The number of hydrogen-bond donors (Lipinski definition) is 1. The number of hydrogen-bond acceptors (Lipinski definition) is 4. The van der Waals surface area contributed by atoms with Crippen LogP contribution in [0.3, 0.4) is 0 Å². The lowest BCUT2D eigenvalue weighted by Crippen LogP contribution is -2.32. The molecule has 1 saturated heterocycles. The van der Waals surface area contributed by atoms with Crippen molar-refractivity contribution in [2.75, 3.05) is 18.1 Å². The molecular formula is C11H12FN3O. The van der Waals surface area contributed by atoms with Crippen LogP contribution in [0.25, 0.3) is 0 Å². The summed E-state index contributed by atoms with van der Waals surface area (Å²) in [7, 11) is 0. The molecule has 0 aliphatic carbocycles. The van der Waals surface area contributed by atoms with E-state index in [4.69, 9.17) is 10.4 Å². The molecule has 2 heterocycles. The van der Waals surface area contributed by atoms with E-state index in [0.717, 1.165) is 0 Å². The third kappa shape index (κ3) is 1.97. The molecule has 2 rings (SSSR count). The minimum absolute atomic E-state index is 0.0983. The van der Waals surface area contributed by atoms with Crippen LogP contribution in [0.5, 0.6) is 0 Å². The van der Waals surface area contributed by atoms with Crippen molar-refractivity contribution in [2.45, 2.75) is 18.6 Å². The predicted molar refractivity (Wildman–Crippen MR) is 56.7 cm³/mol. The maximum absolute atomic E-state index is 13.2. The van der Waals surface area contributed by atoms with Crippen molar-refractivity contribution < 1.29 is 9.50 Å². The fourth-order valence-corrected chi connectivity index (χ4v) is 1.96. The molecule has 1 aromatic heterocycles. The van der Waals surface area contributed by atoms with Crippen LogP contribution in [0.4, 0.5) is 10.2 Å². The molecule has 4 nitrogen and oxygen atoms in total. The van der Waals surface area contributed by atoms with Gasteiger partial charge >= 0.3 is 0 Å². The van der Waals surface area contributed by atoms with Crippen molar-refractivity contribution >= 4 is 5.82 Å². The largest absolute Gasteiger partial charge is 0.394 e. The fourth-order valence-electron chi connectivity index (χ4n) is 1.96. The highest BCUT2D eigenvalue weighted by molar-refractivity contribution is 5.44. The Kier molecular flexibility index (Phi) is 3.02. The molecule has 0 spiro atoms. The number of rotatable bonds is 2. The van der Waals surface area contributed by atoms with Crippen LogP contribution in [0.15, 0.2) is 18.2 Å². The first-order valence-electron chi connectivity index (χ1n) is 5.13. The molecule has 1 fully saturated rings. The van der Waals surface area contributed by atoms with Crippen molar-refractivity contribution in [2.24, 2.45) is 0 Å². The molecule has 1 aliphatic rings. The predicted octanol–water partition coefficient (Wildman–Crippen LogP) is 0.862. The van der Waals surface area contributed by atoms with Crippen LogP contribution in [0, 0.1) is 11.3 Å². The summed E-state index contributed by atoms with van der Waals surface area (Å²) in [6.45, 7) is 0.131. The molecule has 16 heavy (non-hydrogen) atoms. The van der Waals surface area contributed by atoms with Crippen LogP contribution in [0.1, 0.15) is 12.1 Å². The Morgan fingerprint density at radius 2 is 2.44 bits per heavy atom. The summed E-state index contributed by atoms with van der Waals surface area (Å²) in [6, 6.07) is 6.73. The Labute approximate surface area is 92.9 Å². The number of pyridine rings is 1. The Morgan fingerprint density at radius 1 is 1.62 bits per heavy atom. The third-order valence-corrected chi connectivity index (χ3v) is 2.72. The molecule has 5 heteroatoms. The van der Waals surface area contributed by atoms with Gasteiger partial charge in [0.2, 0.25) is 0 Å². The van der Waals surface area contributed by atoms with Gasteiger partial charge < -0.3 is 10.0 Å². The van der Waals surface area contributed by atoms with Gasteiger partial charge in [0.25, 0.3) is 0 Å². The van der Waals surface area contributed by atoms with E-state index in [1.54, 1.807) is 23.1 Å². The Morgan fingerprint density at radius 3 is 3.12 bits per heavy atom. The van der Waals surface area contributed by atoms with E-state index in [1.807, 2.05) is 6.07 Å². The quantitative estimate of drug-likeness (QED) is 0.804. The maximum Gasteiger partial charge on any atom is 0.142 e. The summed E-state index contributed by atoms with van der Waals surface area (Å²) in [5.74, 6) is 0.554. The fraction of sp³-hybridized carbons (Fsp3) is 0.455. The molecular weight excluding hydrogens is 209 g/mol. The number of alkyl halides is 1. The molecule has 1 N–H and O–H groups in total. The molecule has 0 bridgehead atoms. The topological polar surface area (TPSA) is 60.2 Å². The lowest BCUT2D eigenvalue weighted by molar-refractivity contribution is 0.255. The van der Waals surface area contributed by atoms with Gasteiger partial charge in [0.15, 0.2) is 0 Å². The van der Waals surface area contributed by atoms with E-state index in [9.17, 15) is 4.39 Å². The van der Waals surface area contributed by atoms with E-state index in [-0.39, 0.29) is 19.2 Å². The number of halogens is 1. The highest BCUT2D eigenvalue weighted by Crippen LogP contribution is 2.25. The van der Waals surface area contributed by atoms with Crippen LogP contribution in [-0.4, -0.2) is 35.5 Å². The summed E-state index contributed by atoms with van der Waals surface area (Å²) >= 11 is 0. The summed E-state index contributed by atoms with van der Waals surface area (Å²) in [6.07, 6.45) is -0.626. The van der Waals surface area contributed by atoms with Gasteiger partial charge in [0.05, 0.1) is 19.2 Å². The van der Waals surface area contributed by atoms with Crippen molar-refractivity contribution in [3.8, 4) is 6.07 Å². The summed E-state index contributed by atoms with van der Waals surface area (Å²) < 4.78 is 13.2. The molecule has 2 atom stereocenters. The maximum atomic E-state index is 13.2. The molecule has 0 amide bonds. The van der Waals surface area contributed by atoms with E-state index < -0.39 is 6.17 Å². The Hall–Kier alpha value is -1.67. The first-order chi connectivity index (χ1) is 7.74. The minimum atomic E-state index is -0.940. The summed E-state index contributed by atoms with van der Waals surface area (Å²) in [5, 5.41) is 17.9. The van der Waals surface area contributed by atoms with Crippen LogP contribution in [-0.2, 0) is 0 Å². The van der Waals surface area contributed by atoms with Gasteiger partial charge in [-0.05, 0) is 12.1 Å². The van der Waals surface area contributed by atoms with Gasteiger partial charge in [-0.1, -0.05) is 6.07 Å². The van der Waals surface area contributed by atoms with E-state index in [2.05, 4.69) is 4.98 Å². The normalized spacial score (nSPS) is 24.4. The minimum Gasteiger partial charge on any atom is -0.394 e. The van der Waals surface area contributed by atoms with Gasteiger partial charge in [-0.3, -0.25) is 0 Å². The second-order valence-corrected chi connectivity index (χ2v) is 3.81. The van der Waals surface area contributed by atoms with Crippen LogP contribution < -0.4 is 4.90 Å². The average molecular weight is 221 g/mol. The van der Waals surface area contributed by atoms with Gasteiger partial charge in [-0.25, -0.2) is 9.37 Å². The number of nitrogens with zero attached hydrogens (tertiary/aromatic N) is 3. The SMILES string of the molecule is N#Cc1cccc(N2C[C@@H](F)C[C@H]2CO)n1. The number of aliphatic hydroxyl groups excluding tert-OH is 1. The van der Waals surface area contributed by atoms with Gasteiger partial charge in [-0.15, -0.1) is 0 Å². The van der Waals surface area contributed by atoms with Crippen LogP contribution in [0.2, 0.25) is 0 Å². The number of aromatic nitrogens is 1. The first kappa shape index (κ1) is 10.8. The first-order valence-corrected chi connectivity index (χ1v) is 5.13. The summed E-state index contributed by atoms with van der Waals surface area (Å²) in [4.78, 5) is 5.81. The zero-order chi connectivity index (χ0) is 11.5. The monoisotopic (exact) mass is 221 g/mol. The van der Waals surface area contributed by atoms with E-state index in [0.29, 0.717) is 17.9 Å². The van der Waals surface area contributed by atoms with Crippen molar-refractivity contribution in [3.63, 3.8) is 0 Å². The highest BCUT2D eigenvalue weighted by atomic mass is 19.1. The number of anilines is 1. The average Bonchev–Trinajstić information content (AvgIpc) is 2.70. The lowest BCUT2D eigenvalue weighted by atomic mass is 10.2. The molecule has 0 radical (unpaired) electrons. The smallest absolute Gasteiger partial charge is 0.142 e. The highest BCUT2D eigenvalue weighted by Gasteiger charge is 2.32. The second-order valence-electron chi connectivity index (χ2n) is 3.81. The molecule has 0 unspecified atom stereocenters. The Bertz CT molecular complexity index is 418. The second kappa shape index (κ2) is 4.45. The van der Waals surface area contributed by atoms with E-state index >= 15 is 0 Å². The van der Waals surface area contributed by atoms with Gasteiger partial charge in [0, 0.05) is 6.42 Å². The zero-order valence-electron chi connectivity index (χ0n) is 8.67. The molecule has 1 aliphatic heterocycles. The molecule has 0 aromatic carbocycles. The van der Waals surface area contributed by atoms with Crippen molar-refractivity contribution in [1.29, 1.82) is 5.26 Å².